The van der Waals surface area contributed by atoms with E-state index in [9.17, 15) is 0 Å². The highest BCUT2D eigenvalue weighted by molar-refractivity contribution is 5.72. The van der Waals surface area contributed by atoms with Crippen LogP contribution in [0, 0.1) is 0 Å². The van der Waals surface area contributed by atoms with Crippen molar-refractivity contribution in [2.45, 2.75) is 0 Å². The number of hydrogen-bond donors (Lipinski definition) is 0. The third-order valence-electron chi connectivity index (χ3n) is 2.44. The maximum Gasteiger partial charge on any atom is 0.139 e. The zero-order valence-electron chi connectivity index (χ0n) is 9.43. The Morgan fingerprint density at radius 1 is 0.667 bits per heavy atom. The Kier molecular flexibility index (Phi) is 2.71. The topological polar surface area (TPSA) is 64.5 Å². The van der Waals surface area contributed by atoms with Crippen LogP contribution in [-0.4, -0.2) is 25.1 Å². The van der Waals surface area contributed by atoms with Gasteiger partial charge in [-0.25, -0.2) is 4.98 Å². The van der Waals surface area contributed by atoms with Crippen LogP contribution >= 0.6 is 0 Å². The molecule has 0 atom stereocenters. The maximum atomic E-state index is 4.28. The van der Waals surface area contributed by atoms with Crippen LogP contribution in [-0.2, 0) is 0 Å². The molecule has 0 aromatic carbocycles. The normalized spacial score (nSPS) is 10.2. The molecule has 0 radical (unpaired) electrons. The van der Waals surface area contributed by atoms with Gasteiger partial charge >= 0.3 is 0 Å². The van der Waals surface area contributed by atoms with Crippen LogP contribution in [0.3, 0.4) is 0 Å². The third-order valence-corrected chi connectivity index (χ3v) is 2.44. The van der Waals surface area contributed by atoms with E-state index in [-0.39, 0.29) is 0 Å². The fourth-order valence-electron chi connectivity index (χ4n) is 1.64. The van der Waals surface area contributed by atoms with Gasteiger partial charge in [0.2, 0.25) is 0 Å². The summed E-state index contributed by atoms with van der Waals surface area (Å²) in [6.07, 6.45) is 4.85. The molecule has 5 nitrogen and oxygen atoms in total. The van der Waals surface area contributed by atoms with Gasteiger partial charge in [0.25, 0.3) is 0 Å². The minimum Gasteiger partial charge on any atom is -0.255 e. The predicted molar refractivity (Wildman–Crippen MR) is 66.3 cm³/mol. The lowest BCUT2D eigenvalue weighted by Gasteiger charge is -2.04. The van der Waals surface area contributed by atoms with Gasteiger partial charge in [0.1, 0.15) is 17.7 Å². The molecule has 0 bridgehead atoms. The lowest BCUT2D eigenvalue weighted by Crippen LogP contribution is -1.97. The number of rotatable bonds is 2. The molecule has 18 heavy (non-hydrogen) atoms. The fourth-order valence-corrected chi connectivity index (χ4v) is 1.64. The summed E-state index contributed by atoms with van der Waals surface area (Å²) in [6.45, 7) is 0. The molecule has 3 heterocycles. The highest BCUT2D eigenvalue weighted by Gasteiger charge is 2.12. The maximum absolute atomic E-state index is 4.28. The molecule has 3 aromatic rings. The van der Waals surface area contributed by atoms with Crippen LogP contribution in [0.15, 0.2) is 55.1 Å². The molecular formula is C13H9N5. The van der Waals surface area contributed by atoms with Crippen molar-refractivity contribution in [1.29, 1.82) is 0 Å². The van der Waals surface area contributed by atoms with Crippen LogP contribution in [0.1, 0.15) is 0 Å². The van der Waals surface area contributed by atoms with Gasteiger partial charge in [0.15, 0.2) is 0 Å². The smallest absolute Gasteiger partial charge is 0.139 e. The summed E-state index contributed by atoms with van der Waals surface area (Å²) in [7, 11) is 0. The predicted octanol–water partition coefficient (Wildman–Crippen LogP) is 2.00. The van der Waals surface area contributed by atoms with Gasteiger partial charge in [-0.2, -0.15) is 0 Å². The van der Waals surface area contributed by atoms with Crippen LogP contribution in [0.5, 0.6) is 0 Å². The second-order valence-corrected chi connectivity index (χ2v) is 3.59. The van der Waals surface area contributed by atoms with Crippen molar-refractivity contribution in [2.75, 3.05) is 0 Å². The summed E-state index contributed by atoms with van der Waals surface area (Å²) < 4.78 is 0. The van der Waals surface area contributed by atoms with Crippen molar-refractivity contribution in [2.24, 2.45) is 0 Å². The minimum atomic E-state index is 0.636. The van der Waals surface area contributed by atoms with Crippen molar-refractivity contribution < 1.29 is 0 Å². The third kappa shape index (κ3) is 1.93. The molecule has 3 rings (SSSR count). The molecule has 0 saturated heterocycles. The second-order valence-electron chi connectivity index (χ2n) is 3.59. The van der Waals surface area contributed by atoms with E-state index in [0.717, 1.165) is 11.4 Å². The van der Waals surface area contributed by atoms with Crippen LogP contribution in [0.2, 0.25) is 0 Å². The monoisotopic (exact) mass is 235 g/mol. The first-order valence-electron chi connectivity index (χ1n) is 5.45. The van der Waals surface area contributed by atoms with Crippen molar-refractivity contribution in [1.82, 2.24) is 25.1 Å². The van der Waals surface area contributed by atoms with Gasteiger partial charge in [-0.05, 0) is 24.3 Å². The SMILES string of the molecule is c1ccc(-c2ncnnc2-c2ccccn2)nc1. The van der Waals surface area contributed by atoms with Crippen molar-refractivity contribution in [3.8, 4) is 22.8 Å². The molecule has 5 heteroatoms. The first-order valence-corrected chi connectivity index (χ1v) is 5.45. The summed E-state index contributed by atoms with van der Waals surface area (Å²) in [5.74, 6) is 0. The lowest BCUT2D eigenvalue weighted by molar-refractivity contribution is 0.970. The number of pyridine rings is 2. The van der Waals surface area contributed by atoms with E-state index in [1.807, 2.05) is 36.4 Å². The van der Waals surface area contributed by atoms with Crippen molar-refractivity contribution in [3.05, 3.63) is 55.1 Å². The van der Waals surface area contributed by atoms with Crippen LogP contribution in [0.4, 0.5) is 0 Å². The zero-order valence-corrected chi connectivity index (χ0v) is 9.43. The van der Waals surface area contributed by atoms with Gasteiger partial charge in [0.05, 0.1) is 11.4 Å². The van der Waals surface area contributed by atoms with Crippen molar-refractivity contribution in [3.63, 3.8) is 0 Å². The molecule has 0 aliphatic rings. The van der Waals surface area contributed by atoms with Gasteiger partial charge < -0.3 is 0 Å². The molecular weight excluding hydrogens is 226 g/mol. The Labute approximate surface area is 104 Å². The Morgan fingerprint density at radius 2 is 1.33 bits per heavy atom. The molecule has 0 N–H and O–H groups in total. The molecule has 0 aliphatic carbocycles. The summed E-state index contributed by atoms with van der Waals surface area (Å²) in [5, 5.41) is 7.93. The number of nitrogens with zero attached hydrogens (tertiary/aromatic N) is 5. The molecule has 3 aromatic heterocycles. The average Bonchev–Trinajstić information content (AvgIpc) is 2.49. The van der Waals surface area contributed by atoms with Gasteiger partial charge in [-0.15, -0.1) is 10.2 Å². The quantitative estimate of drug-likeness (QED) is 0.679. The Morgan fingerprint density at radius 3 is 1.94 bits per heavy atom. The highest BCUT2D eigenvalue weighted by Crippen LogP contribution is 2.24. The number of hydrogen-bond acceptors (Lipinski definition) is 5. The van der Waals surface area contributed by atoms with Gasteiger partial charge in [-0.3, -0.25) is 9.97 Å². The zero-order chi connectivity index (χ0) is 12.2. The largest absolute Gasteiger partial charge is 0.255 e. The lowest BCUT2D eigenvalue weighted by atomic mass is 10.1. The van der Waals surface area contributed by atoms with Gasteiger partial charge in [0, 0.05) is 12.4 Å². The Bertz CT molecular complexity index is 581. The second kappa shape index (κ2) is 4.67. The van der Waals surface area contributed by atoms with Crippen molar-refractivity contribution >= 4 is 0 Å². The van der Waals surface area contributed by atoms with Crippen LogP contribution < -0.4 is 0 Å². The van der Waals surface area contributed by atoms with E-state index >= 15 is 0 Å². The molecule has 0 aliphatic heterocycles. The van der Waals surface area contributed by atoms with E-state index in [1.165, 1.54) is 6.33 Å². The first kappa shape index (κ1) is 10.5. The van der Waals surface area contributed by atoms with Gasteiger partial charge in [-0.1, -0.05) is 12.1 Å². The minimum absolute atomic E-state index is 0.636. The molecule has 0 saturated carbocycles. The molecule has 86 valence electrons. The summed E-state index contributed by atoms with van der Waals surface area (Å²) in [4.78, 5) is 12.8. The standard InChI is InChI=1S/C13H9N5/c1-3-7-14-10(5-1)12-13(18-17-9-16-12)11-6-2-4-8-15-11/h1-9H. The molecule has 0 amide bonds. The van der Waals surface area contributed by atoms with E-state index in [1.54, 1.807) is 12.4 Å². The highest BCUT2D eigenvalue weighted by atomic mass is 15.1. The molecule has 0 fully saturated rings. The summed E-state index contributed by atoms with van der Waals surface area (Å²) in [5.41, 5.74) is 2.81. The van der Waals surface area contributed by atoms with E-state index in [0.29, 0.717) is 11.4 Å². The fraction of sp³-hybridized carbons (Fsp3) is 0. The Balaban J connectivity index is 2.18. The Hall–Kier alpha value is -2.69. The van der Waals surface area contributed by atoms with E-state index in [2.05, 4.69) is 25.1 Å². The number of aromatic nitrogens is 5. The van der Waals surface area contributed by atoms with Crippen LogP contribution in [0.25, 0.3) is 22.8 Å². The average molecular weight is 235 g/mol. The van der Waals surface area contributed by atoms with E-state index < -0.39 is 0 Å². The summed E-state index contributed by atoms with van der Waals surface area (Å²) in [6, 6.07) is 11.3. The summed E-state index contributed by atoms with van der Waals surface area (Å²) >= 11 is 0. The first-order chi connectivity index (χ1) is 8.95. The van der Waals surface area contributed by atoms with E-state index in [4.69, 9.17) is 0 Å². The molecule has 0 unspecified atom stereocenters. The molecule has 0 spiro atoms.